The third kappa shape index (κ3) is 4.13. The molecule has 0 saturated carbocycles. The summed E-state index contributed by atoms with van der Waals surface area (Å²) < 4.78 is 0. The Labute approximate surface area is 90.1 Å². The molecule has 0 aliphatic rings. The maximum Gasteiger partial charge on any atom is 0.219 e. The number of amides is 1. The average molecular weight is 207 g/mol. The number of carbonyl (C=O) groups excluding carboxylic acids is 1. The Kier molecular flexibility index (Phi) is 4.84. The van der Waals surface area contributed by atoms with E-state index in [-0.39, 0.29) is 12.5 Å². The summed E-state index contributed by atoms with van der Waals surface area (Å²) in [5.74, 6) is 0.0852. The lowest BCUT2D eigenvalue weighted by Crippen LogP contribution is -2.24. The molecular formula is C12H17NO2. The zero-order chi connectivity index (χ0) is 11.1. The van der Waals surface area contributed by atoms with E-state index in [9.17, 15) is 4.79 Å². The second kappa shape index (κ2) is 6.19. The third-order valence-electron chi connectivity index (χ3n) is 2.26. The number of rotatable bonds is 5. The highest BCUT2D eigenvalue weighted by Gasteiger charge is 1.97. The van der Waals surface area contributed by atoms with Crippen LogP contribution in [0, 0.1) is 0 Å². The second-order valence-corrected chi connectivity index (χ2v) is 3.43. The molecule has 0 aliphatic heterocycles. The molecule has 0 bridgehead atoms. The van der Waals surface area contributed by atoms with Crippen LogP contribution in [-0.2, 0) is 17.8 Å². The average Bonchev–Trinajstić information content (AvgIpc) is 2.29. The summed E-state index contributed by atoms with van der Waals surface area (Å²) in [4.78, 5) is 11.0. The van der Waals surface area contributed by atoms with Crippen LogP contribution in [0.25, 0.3) is 0 Å². The van der Waals surface area contributed by atoms with Crippen LogP contribution in [0.5, 0.6) is 0 Å². The van der Waals surface area contributed by atoms with E-state index in [1.807, 2.05) is 31.2 Å². The van der Waals surface area contributed by atoms with Crippen LogP contribution < -0.4 is 5.32 Å². The topological polar surface area (TPSA) is 49.3 Å². The maximum atomic E-state index is 11.0. The molecule has 0 heterocycles. The van der Waals surface area contributed by atoms with E-state index < -0.39 is 0 Å². The highest BCUT2D eigenvalue weighted by molar-refractivity contribution is 5.75. The Hall–Kier alpha value is -1.35. The van der Waals surface area contributed by atoms with Crippen LogP contribution in [0.2, 0.25) is 0 Å². The standard InChI is InChI=1S/C12H17NO2/c1-2-12(15)13-8-7-10-3-5-11(9-14)6-4-10/h3-6,14H,2,7-9H2,1H3,(H,13,15). The van der Waals surface area contributed by atoms with Crippen LogP contribution in [0.4, 0.5) is 0 Å². The SMILES string of the molecule is CCC(=O)NCCc1ccc(CO)cc1. The van der Waals surface area contributed by atoms with Crippen molar-refractivity contribution in [2.24, 2.45) is 0 Å². The van der Waals surface area contributed by atoms with E-state index in [0.29, 0.717) is 13.0 Å². The van der Waals surface area contributed by atoms with Crippen molar-refractivity contribution >= 4 is 5.91 Å². The van der Waals surface area contributed by atoms with Gasteiger partial charge >= 0.3 is 0 Å². The molecule has 2 N–H and O–H groups in total. The van der Waals surface area contributed by atoms with Gasteiger partial charge in [0.15, 0.2) is 0 Å². The van der Waals surface area contributed by atoms with E-state index in [1.54, 1.807) is 0 Å². The molecule has 0 atom stereocenters. The first-order chi connectivity index (χ1) is 7.26. The van der Waals surface area contributed by atoms with Crippen LogP contribution >= 0.6 is 0 Å². The maximum absolute atomic E-state index is 11.0. The van der Waals surface area contributed by atoms with E-state index >= 15 is 0 Å². The number of hydrogen-bond donors (Lipinski definition) is 2. The van der Waals surface area contributed by atoms with Gasteiger partial charge < -0.3 is 10.4 Å². The molecule has 0 saturated heterocycles. The minimum atomic E-state index is 0.0762. The summed E-state index contributed by atoms with van der Waals surface area (Å²) in [6.45, 7) is 2.59. The highest BCUT2D eigenvalue weighted by atomic mass is 16.3. The zero-order valence-electron chi connectivity index (χ0n) is 8.99. The van der Waals surface area contributed by atoms with Gasteiger partial charge in [-0.15, -0.1) is 0 Å². The van der Waals surface area contributed by atoms with E-state index in [0.717, 1.165) is 12.0 Å². The van der Waals surface area contributed by atoms with Gasteiger partial charge in [0.25, 0.3) is 0 Å². The fourth-order valence-electron chi connectivity index (χ4n) is 1.28. The molecule has 0 aliphatic carbocycles. The summed E-state index contributed by atoms with van der Waals surface area (Å²) in [6.07, 6.45) is 1.36. The van der Waals surface area contributed by atoms with Crippen LogP contribution in [0.3, 0.4) is 0 Å². The van der Waals surface area contributed by atoms with Crippen molar-refractivity contribution in [3.05, 3.63) is 35.4 Å². The Morgan fingerprint density at radius 3 is 2.40 bits per heavy atom. The molecule has 1 aromatic rings. The van der Waals surface area contributed by atoms with Gasteiger partial charge in [-0.3, -0.25) is 4.79 Å². The first-order valence-electron chi connectivity index (χ1n) is 5.21. The molecule has 0 spiro atoms. The van der Waals surface area contributed by atoms with Gasteiger partial charge in [-0.2, -0.15) is 0 Å². The van der Waals surface area contributed by atoms with Crippen molar-refractivity contribution in [1.82, 2.24) is 5.32 Å². The fourth-order valence-corrected chi connectivity index (χ4v) is 1.28. The third-order valence-corrected chi connectivity index (χ3v) is 2.26. The van der Waals surface area contributed by atoms with Gasteiger partial charge in [0.05, 0.1) is 6.61 Å². The highest BCUT2D eigenvalue weighted by Crippen LogP contribution is 2.04. The number of hydrogen-bond acceptors (Lipinski definition) is 2. The smallest absolute Gasteiger partial charge is 0.219 e. The molecule has 3 nitrogen and oxygen atoms in total. The van der Waals surface area contributed by atoms with Crippen molar-refractivity contribution < 1.29 is 9.90 Å². The lowest BCUT2D eigenvalue weighted by atomic mass is 10.1. The van der Waals surface area contributed by atoms with E-state index in [4.69, 9.17) is 5.11 Å². The summed E-state index contributed by atoms with van der Waals surface area (Å²) in [5.41, 5.74) is 2.08. The van der Waals surface area contributed by atoms with E-state index in [2.05, 4.69) is 5.32 Å². The molecule has 1 amide bonds. The number of carbonyl (C=O) groups is 1. The van der Waals surface area contributed by atoms with Crippen molar-refractivity contribution in [2.75, 3.05) is 6.54 Å². The fraction of sp³-hybridized carbons (Fsp3) is 0.417. The minimum absolute atomic E-state index is 0.0762. The number of benzene rings is 1. The van der Waals surface area contributed by atoms with Gasteiger partial charge in [-0.1, -0.05) is 31.2 Å². The van der Waals surface area contributed by atoms with Crippen molar-refractivity contribution in [1.29, 1.82) is 0 Å². The predicted molar refractivity (Wildman–Crippen MR) is 59.4 cm³/mol. The number of aliphatic hydroxyl groups excluding tert-OH is 1. The minimum Gasteiger partial charge on any atom is -0.392 e. The largest absolute Gasteiger partial charge is 0.392 e. The number of aliphatic hydroxyl groups is 1. The monoisotopic (exact) mass is 207 g/mol. The van der Waals surface area contributed by atoms with Crippen molar-refractivity contribution in [2.45, 2.75) is 26.4 Å². The molecule has 15 heavy (non-hydrogen) atoms. The molecule has 3 heteroatoms. The summed E-state index contributed by atoms with van der Waals surface area (Å²) in [7, 11) is 0. The lowest BCUT2D eigenvalue weighted by Gasteiger charge is -2.04. The molecule has 1 rings (SSSR count). The van der Waals surface area contributed by atoms with E-state index in [1.165, 1.54) is 5.56 Å². The molecular weight excluding hydrogens is 190 g/mol. The Bertz CT molecular complexity index is 306. The molecule has 0 fully saturated rings. The Morgan fingerprint density at radius 1 is 1.27 bits per heavy atom. The summed E-state index contributed by atoms with van der Waals surface area (Å²) in [5, 5.41) is 11.7. The van der Waals surface area contributed by atoms with Gasteiger partial charge in [-0.05, 0) is 17.5 Å². The van der Waals surface area contributed by atoms with Crippen molar-refractivity contribution in [3.63, 3.8) is 0 Å². The van der Waals surface area contributed by atoms with Crippen molar-refractivity contribution in [3.8, 4) is 0 Å². The summed E-state index contributed by atoms with van der Waals surface area (Å²) >= 11 is 0. The van der Waals surface area contributed by atoms with Crippen LogP contribution in [-0.4, -0.2) is 17.6 Å². The molecule has 0 radical (unpaired) electrons. The summed E-state index contributed by atoms with van der Waals surface area (Å²) in [6, 6.07) is 7.75. The first kappa shape index (κ1) is 11.7. The number of nitrogens with one attached hydrogen (secondary N) is 1. The zero-order valence-corrected chi connectivity index (χ0v) is 8.99. The molecule has 0 unspecified atom stereocenters. The van der Waals surface area contributed by atoms with Gasteiger partial charge in [0.1, 0.15) is 0 Å². The molecule has 0 aromatic heterocycles. The molecule has 82 valence electrons. The quantitative estimate of drug-likeness (QED) is 0.763. The van der Waals surface area contributed by atoms with Gasteiger partial charge in [0, 0.05) is 13.0 Å². The van der Waals surface area contributed by atoms with Gasteiger partial charge in [0.2, 0.25) is 5.91 Å². The van der Waals surface area contributed by atoms with Gasteiger partial charge in [-0.25, -0.2) is 0 Å². The second-order valence-electron chi connectivity index (χ2n) is 3.43. The van der Waals surface area contributed by atoms with Crippen LogP contribution in [0.15, 0.2) is 24.3 Å². The Balaban J connectivity index is 2.34. The predicted octanol–water partition coefficient (Wildman–Crippen LogP) is 1.25. The lowest BCUT2D eigenvalue weighted by molar-refractivity contribution is -0.120. The Morgan fingerprint density at radius 2 is 1.87 bits per heavy atom. The first-order valence-corrected chi connectivity index (χ1v) is 5.21. The normalized spacial score (nSPS) is 10.0. The van der Waals surface area contributed by atoms with Crippen LogP contribution in [0.1, 0.15) is 24.5 Å². The molecule has 1 aromatic carbocycles.